The number of fused-ring (bicyclic) bond motifs is 1. The first-order valence-electron chi connectivity index (χ1n) is 10.4. The molecule has 1 atom stereocenters. The van der Waals surface area contributed by atoms with Gasteiger partial charge in [0, 0.05) is 6.92 Å². The number of allylic oxidation sites excluding steroid dienone is 1. The van der Waals surface area contributed by atoms with E-state index in [9.17, 15) is 14.4 Å². The van der Waals surface area contributed by atoms with Crippen molar-refractivity contribution in [3.8, 4) is 5.75 Å². The zero-order valence-electron chi connectivity index (χ0n) is 18.4. The third kappa shape index (κ3) is 4.56. The van der Waals surface area contributed by atoms with Crippen LogP contribution in [0.3, 0.4) is 0 Å². The van der Waals surface area contributed by atoms with E-state index in [-0.39, 0.29) is 12.2 Å². The monoisotopic (exact) mass is 462 g/mol. The van der Waals surface area contributed by atoms with Crippen molar-refractivity contribution in [2.75, 3.05) is 6.61 Å². The zero-order valence-corrected chi connectivity index (χ0v) is 19.2. The van der Waals surface area contributed by atoms with Crippen molar-refractivity contribution >= 4 is 29.4 Å². The minimum Gasteiger partial charge on any atom is -0.463 e. The van der Waals surface area contributed by atoms with E-state index < -0.39 is 18.0 Å². The van der Waals surface area contributed by atoms with E-state index in [1.54, 1.807) is 48.8 Å². The zero-order chi connectivity index (χ0) is 23.5. The second kappa shape index (κ2) is 9.38. The average Bonchev–Trinajstić information content (AvgIpc) is 3.09. The number of hydrogen-bond acceptors (Lipinski definition) is 7. The molecule has 33 heavy (non-hydrogen) atoms. The van der Waals surface area contributed by atoms with E-state index in [1.807, 2.05) is 30.3 Å². The molecule has 0 fully saturated rings. The van der Waals surface area contributed by atoms with Gasteiger partial charge < -0.3 is 9.47 Å². The smallest absolute Gasteiger partial charge is 0.338 e. The first-order valence-corrected chi connectivity index (χ1v) is 11.2. The van der Waals surface area contributed by atoms with Gasteiger partial charge in [0.1, 0.15) is 5.75 Å². The molecule has 1 aliphatic heterocycles. The Kier molecular flexibility index (Phi) is 6.37. The minimum atomic E-state index is -0.630. The first-order chi connectivity index (χ1) is 15.9. The Hall–Kier alpha value is -3.78. The van der Waals surface area contributed by atoms with Gasteiger partial charge in [-0.25, -0.2) is 9.79 Å². The minimum absolute atomic E-state index is 0.227. The number of rotatable bonds is 5. The van der Waals surface area contributed by atoms with Crippen LogP contribution in [0.5, 0.6) is 5.75 Å². The van der Waals surface area contributed by atoms with Gasteiger partial charge in [0.05, 0.1) is 28.5 Å². The molecule has 2 heterocycles. The fourth-order valence-electron chi connectivity index (χ4n) is 3.69. The lowest BCUT2D eigenvalue weighted by molar-refractivity contribution is -0.139. The number of benzene rings is 2. The maximum absolute atomic E-state index is 13.5. The summed E-state index contributed by atoms with van der Waals surface area (Å²) in [6.45, 7) is 5.07. The Morgan fingerprint density at radius 3 is 2.45 bits per heavy atom. The Balaban J connectivity index is 1.85. The number of hydrogen-bond donors (Lipinski definition) is 0. The molecule has 1 aliphatic rings. The van der Waals surface area contributed by atoms with Crippen molar-refractivity contribution in [3.05, 3.63) is 96.7 Å². The van der Waals surface area contributed by atoms with Gasteiger partial charge in [0.15, 0.2) is 4.80 Å². The third-order valence-electron chi connectivity index (χ3n) is 5.07. The molecule has 8 heteroatoms. The highest BCUT2D eigenvalue weighted by atomic mass is 32.1. The van der Waals surface area contributed by atoms with Crippen molar-refractivity contribution in [3.63, 3.8) is 0 Å². The number of carbonyl (C=O) groups is 2. The molecule has 0 bridgehead atoms. The maximum Gasteiger partial charge on any atom is 0.338 e. The van der Waals surface area contributed by atoms with Crippen molar-refractivity contribution in [2.24, 2.45) is 4.99 Å². The van der Waals surface area contributed by atoms with Crippen molar-refractivity contribution in [1.29, 1.82) is 0 Å². The summed E-state index contributed by atoms with van der Waals surface area (Å²) in [6, 6.07) is 15.6. The Morgan fingerprint density at radius 1 is 1.12 bits per heavy atom. The van der Waals surface area contributed by atoms with E-state index in [0.29, 0.717) is 26.4 Å². The van der Waals surface area contributed by atoms with E-state index in [0.717, 1.165) is 11.1 Å². The summed E-state index contributed by atoms with van der Waals surface area (Å²) in [7, 11) is 0. The van der Waals surface area contributed by atoms with E-state index in [4.69, 9.17) is 9.47 Å². The normalized spacial score (nSPS) is 15.6. The van der Waals surface area contributed by atoms with Crippen LogP contribution in [0.1, 0.15) is 37.9 Å². The Morgan fingerprint density at radius 2 is 1.82 bits per heavy atom. The number of ether oxygens (including phenoxy) is 2. The molecule has 0 spiro atoms. The SMILES string of the molecule is CCOC(=O)C1=C(C)N=c2s/c(=C/c3ccc(OC(C)=O)cc3)c(=O)n2[C@@H]1c1ccccc1. The highest BCUT2D eigenvalue weighted by molar-refractivity contribution is 7.07. The highest BCUT2D eigenvalue weighted by Gasteiger charge is 2.33. The van der Waals surface area contributed by atoms with E-state index in [1.165, 1.54) is 18.3 Å². The fraction of sp³-hybridized carbons (Fsp3) is 0.200. The van der Waals surface area contributed by atoms with Crippen molar-refractivity contribution < 1.29 is 19.1 Å². The van der Waals surface area contributed by atoms with Crippen LogP contribution >= 0.6 is 11.3 Å². The number of nitrogens with zero attached hydrogens (tertiary/aromatic N) is 2. The molecule has 0 N–H and O–H groups in total. The average molecular weight is 463 g/mol. The van der Waals surface area contributed by atoms with Crippen LogP contribution in [0.2, 0.25) is 0 Å². The van der Waals surface area contributed by atoms with Gasteiger partial charge in [0.25, 0.3) is 5.56 Å². The molecule has 0 aliphatic carbocycles. The number of aromatic nitrogens is 1. The predicted octanol–water partition coefficient (Wildman–Crippen LogP) is 2.72. The fourth-order valence-corrected chi connectivity index (χ4v) is 4.74. The molecule has 4 rings (SSSR count). The van der Waals surface area contributed by atoms with Crippen LogP contribution in [0, 0.1) is 0 Å². The first kappa shape index (κ1) is 22.4. The number of carbonyl (C=O) groups excluding carboxylic acids is 2. The van der Waals surface area contributed by atoms with Gasteiger partial charge in [-0.2, -0.15) is 0 Å². The molecule has 2 aromatic carbocycles. The van der Waals surface area contributed by atoms with Gasteiger partial charge in [-0.15, -0.1) is 0 Å². The van der Waals surface area contributed by atoms with Crippen LogP contribution in [0.25, 0.3) is 6.08 Å². The Labute approximate surface area is 193 Å². The van der Waals surface area contributed by atoms with E-state index in [2.05, 4.69) is 4.99 Å². The van der Waals surface area contributed by atoms with Crippen molar-refractivity contribution in [1.82, 2.24) is 4.57 Å². The van der Waals surface area contributed by atoms with E-state index >= 15 is 0 Å². The molecule has 3 aromatic rings. The van der Waals surface area contributed by atoms with Gasteiger partial charge >= 0.3 is 11.9 Å². The molecule has 0 unspecified atom stereocenters. The standard InChI is InChI=1S/C25H22N2O5S/c1-4-31-24(30)21-15(2)26-25-27(22(21)18-8-6-5-7-9-18)23(29)20(33-25)14-17-10-12-19(13-11-17)32-16(3)28/h5-14,22H,4H2,1-3H3/b20-14+/t22-/m1/s1. The molecular formula is C25H22N2O5S. The lowest BCUT2D eigenvalue weighted by atomic mass is 9.96. The largest absolute Gasteiger partial charge is 0.463 e. The Bertz CT molecular complexity index is 1420. The van der Waals surface area contributed by atoms with Crippen LogP contribution in [0.4, 0.5) is 0 Å². The summed E-state index contributed by atoms with van der Waals surface area (Å²) in [6.07, 6.45) is 1.76. The molecular weight excluding hydrogens is 440 g/mol. The number of esters is 2. The lowest BCUT2D eigenvalue weighted by Gasteiger charge is -2.24. The number of thiazole rings is 1. The molecule has 7 nitrogen and oxygen atoms in total. The molecule has 168 valence electrons. The van der Waals surface area contributed by atoms with Crippen molar-refractivity contribution in [2.45, 2.75) is 26.8 Å². The van der Waals surface area contributed by atoms with Crippen LogP contribution in [-0.2, 0) is 14.3 Å². The maximum atomic E-state index is 13.5. The predicted molar refractivity (Wildman–Crippen MR) is 125 cm³/mol. The van der Waals surface area contributed by atoms with Crippen LogP contribution < -0.4 is 19.6 Å². The molecule has 0 amide bonds. The summed E-state index contributed by atoms with van der Waals surface area (Å²) in [4.78, 5) is 42.5. The second-order valence-electron chi connectivity index (χ2n) is 7.38. The highest BCUT2D eigenvalue weighted by Crippen LogP contribution is 2.30. The van der Waals surface area contributed by atoms with Crippen LogP contribution in [0.15, 0.2) is 75.7 Å². The van der Waals surface area contributed by atoms with Gasteiger partial charge in [0.2, 0.25) is 0 Å². The van der Waals surface area contributed by atoms with Gasteiger partial charge in [-0.05, 0) is 43.2 Å². The second-order valence-corrected chi connectivity index (χ2v) is 8.38. The summed E-state index contributed by atoms with van der Waals surface area (Å²) in [5.41, 5.74) is 2.21. The molecule has 1 aromatic heterocycles. The lowest BCUT2D eigenvalue weighted by Crippen LogP contribution is -2.39. The third-order valence-corrected chi connectivity index (χ3v) is 6.05. The van der Waals surface area contributed by atoms with Gasteiger partial charge in [-0.3, -0.25) is 14.2 Å². The molecule has 0 saturated heterocycles. The topological polar surface area (TPSA) is 87.0 Å². The van der Waals surface area contributed by atoms with Crippen LogP contribution in [-0.4, -0.2) is 23.1 Å². The molecule has 0 saturated carbocycles. The quantitative estimate of drug-likeness (QED) is 0.430. The molecule has 0 radical (unpaired) electrons. The summed E-state index contributed by atoms with van der Waals surface area (Å²) < 4.78 is 12.4. The summed E-state index contributed by atoms with van der Waals surface area (Å²) in [5, 5.41) is 0. The summed E-state index contributed by atoms with van der Waals surface area (Å²) in [5.74, 6) is -0.451. The summed E-state index contributed by atoms with van der Waals surface area (Å²) >= 11 is 1.26. The van der Waals surface area contributed by atoms with Gasteiger partial charge in [-0.1, -0.05) is 53.8 Å².